The van der Waals surface area contributed by atoms with Crippen LogP contribution in [0.3, 0.4) is 0 Å². The number of nitrogens with one attached hydrogen (secondary N) is 1. The first-order valence-electron chi connectivity index (χ1n) is 6.89. The van der Waals surface area contributed by atoms with Gasteiger partial charge in [0.15, 0.2) is 0 Å². The van der Waals surface area contributed by atoms with E-state index in [2.05, 4.69) is 16.3 Å². The van der Waals surface area contributed by atoms with Gasteiger partial charge in [-0.2, -0.15) is 5.10 Å². The molecule has 0 atom stereocenters. The van der Waals surface area contributed by atoms with Gasteiger partial charge in [-0.25, -0.2) is 0 Å². The monoisotopic (exact) mass is 245 g/mol. The molecule has 0 bridgehead atoms. The maximum Gasteiger partial charge on any atom is 0.253 e. The van der Waals surface area contributed by atoms with Crippen molar-refractivity contribution in [3.05, 3.63) is 23.5 Å². The standard InChI is InChI=1S/C14H19N3O/c18-14(11-6-3-1-2-4-7-11)17-9-5-8-12-13(17)10-15-16-12/h6,10H,1-5,7-9H2,(H,15,16). The molecule has 4 nitrogen and oxygen atoms in total. The Labute approximate surface area is 107 Å². The molecule has 1 amide bonds. The number of anilines is 1. The van der Waals surface area contributed by atoms with Gasteiger partial charge in [0.05, 0.1) is 17.6 Å². The van der Waals surface area contributed by atoms with Crippen molar-refractivity contribution in [3.8, 4) is 0 Å². The van der Waals surface area contributed by atoms with Gasteiger partial charge < -0.3 is 4.90 Å². The topological polar surface area (TPSA) is 49.0 Å². The van der Waals surface area contributed by atoms with Gasteiger partial charge in [0, 0.05) is 12.1 Å². The minimum absolute atomic E-state index is 0.194. The van der Waals surface area contributed by atoms with E-state index in [9.17, 15) is 4.79 Å². The summed E-state index contributed by atoms with van der Waals surface area (Å²) in [7, 11) is 0. The van der Waals surface area contributed by atoms with Crippen molar-refractivity contribution in [2.75, 3.05) is 11.4 Å². The number of amides is 1. The van der Waals surface area contributed by atoms with Crippen LogP contribution < -0.4 is 4.90 Å². The second-order valence-corrected chi connectivity index (χ2v) is 5.12. The second kappa shape index (κ2) is 4.96. The number of hydrogen-bond acceptors (Lipinski definition) is 2. The zero-order valence-electron chi connectivity index (χ0n) is 10.6. The third kappa shape index (κ3) is 2.07. The molecule has 0 unspecified atom stereocenters. The SMILES string of the molecule is O=C(C1=CCCCCC1)N1CCCc2[nH]ncc21. The second-order valence-electron chi connectivity index (χ2n) is 5.12. The molecule has 0 aromatic carbocycles. The minimum atomic E-state index is 0.194. The third-order valence-electron chi connectivity index (χ3n) is 3.86. The maximum atomic E-state index is 12.6. The van der Waals surface area contributed by atoms with Gasteiger partial charge in [-0.05, 0) is 38.5 Å². The highest BCUT2D eigenvalue weighted by molar-refractivity contribution is 6.06. The number of hydrogen-bond donors (Lipinski definition) is 1. The Morgan fingerprint density at radius 1 is 1.22 bits per heavy atom. The van der Waals surface area contributed by atoms with Crippen molar-refractivity contribution in [1.82, 2.24) is 10.2 Å². The molecule has 96 valence electrons. The average molecular weight is 245 g/mol. The molecule has 0 fully saturated rings. The molecule has 0 saturated heterocycles. The quantitative estimate of drug-likeness (QED) is 0.826. The fraction of sp³-hybridized carbons (Fsp3) is 0.571. The van der Waals surface area contributed by atoms with Gasteiger partial charge in [0.25, 0.3) is 5.91 Å². The van der Waals surface area contributed by atoms with E-state index in [-0.39, 0.29) is 5.91 Å². The van der Waals surface area contributed by atoms with Crippen LogP contribution in [-0.2, 0) is 11.2 Å². The molecule has 0 saturated carbocycles. The lowest BCUT2D eigenvalue weighted by Crippen LogP contribution is -2.36. The molecule has 1 aliphatic carbocycles. The largest absolute Gasteiger partial charge is 0.305 e. The summed E-state index contributed by atoms with van der Waals surface area (Å²) in [5, 5.41) is 7.06. The van der Waals surface area contributed by atoms with E-state index >= 15 is 0 Å². The predicted octanol–water partition coefficient (Wildman–Crippen LogP) is 2.58. The fourth-order valence-electron chi connectivity index (χ4n) is 2.85. The number of rotatable bonds is 1. The van der Waals surface area contributed by atoms with E-state index in [0.29, 0.717) is 0 Å². The average Bonchev–Trinajstić information content (AvgIpc) is 2.71. The Hall–Kier alpha value is -1.58. The summed E-state index contributed by atoms with van der Waals surface area (Å²) in [5.41, 5.74) is 3.08. The van der Waals surface area contributed by atoms with E-state index in [1.54, 1.807) is 6.20 Å². The van der Waals surface area contributed by atoms with E-state index in [1.165, 1.54) is 12.8 Å². The Bertz CT molecular complexity index is 475. The number of nitrogens with zero attached hydrogens (tertiary/aromatic N) is 2. The van der Waals surface area contributed by atoms with Crippen molar-refractivity contribution in [2.24, 2.45) is 0 Å². The molecule has 1 aromatic rings. The Balaban J connectivity index is 1.83. The molecule has 4 heteroatoms. The lowest BCUT2D eigenvalue weighted by molar-refractivity contribution is -0.115. The van der Waals surface area contributed by atoms with Crippen LogP contribution in [0.2, 0.25) is 0 Å². The number of aromatic nitrogens is 2. The Kier molecular flexibility index (Phi) is 3.17. The van der Waals surface area contributed by atoms with Crippen molar-refractivity contribution < 1.29 is 4.79 Å². The van der Waals surface area contributed by atoms with Crippen LogP contribution in [0.5, 0.6) is 0 Å². The van der Waals surface area contributed by atoms with Gasteiger partial charge in [-0.15, -0.1) is 0 Å². The smallest absolute Gasteiger partial charge is 0.253 e. The highest BCUT2D eigenvalue weighted by atomic mass is 16.2. The minimum Gasteiger partial charge on any atom is -0.305 e. The zero-order valence-corrected chi connectivity index (χ0v) is 10.6. The highest BCUT2D eigenvalue weighted by Gasteiger charge is 2.26. The van der Waals surface area contributed by atoms with E-state index in [4.69, 9.17) is 0 Å². The van der Waals surface area contributed by atoms with Gasteiger partial charge in [0.2, 0.25) is 0 Å². The van der Waals surface area contributed by atoms with Crippen LogP contribution in [0.4, 0.5) is 5.69 Å². The molecule has 2 aliphatic rings. The summed E-state index contributed by atoms with van der Waals surface area (Å²) in [6.07, 6.45) is 11.5. The molecule has 0 radical (unpaired) electrons. The van der Waals surface area contributed by atoms with Crippen LogP contribution in [0, 0.1) is 0 Å². The summed E-state index contributed by atoms with van der Waals surface area (Å²) >= 11 is 0. The van der Waals surface area contributed by atoms with Crippen molar-refractivity contribution in [1.29, 1.82) is 0 Å². The van der Waals surface area contributed by atoms with Crippen molar-refractivity contribution in [3.63, 3.8) is 0 Å². The van der Waals surface area contributed by atoms with Crippen LogP contribution in [0.25, 0.3) is 0 Å². The first kappa shape index (κ1) is 11.5. The fourth-order valence-corrected chi connectivity index (χ4v) is 2.85. The molecular formula is C14H19N3O. The van der Waals surface area contributed by atoms with E-state index in [0.717, 1.165) is 55.6 Å². The molecular weight excluding hydrogens is 226 g/mol. The number of carbonyl (C=O) groups is 1. The number of aryl methyl sites for hydroxylation is 1. The molecule has 3 rings (SSSR count). The highest BCUT2D eigenvalue weighted by Crippen LogP contribution is 2.28. The molecule has 18 heavy (non-hydrogen) atoms. The van der Waals surface area contributed by atoms with E-state index in [1.807, 2.05) is 4.90 Å². The first-order valence-corrected chi connectivity index (χ1v) is 6.89. The van der Waals surface area contributed by atoms with Crippen molar-refractivity contribution in [2.45, 2.75) is 44.9 Å². The number of aromatic amines is 1. The number of fused-ring (bicyclic) bond motifs is 1. The summed E-state index contributed by atoms with van der Waals surface area (Å²) in [5.74, 6) is 0.194. The number of H-pyrrole nitrogens is 1. The van der Waals surface area contributed by atoms with Gasteiger partial charge in [0.1, 0.15) is 0 Å². The number of carbonyl (C=O) groups excluding carboxylic acids is 1. The third-order valence-corrected chi connectivity index (χ3v) is 3.86. The zero-order chi connectivity index (χ0) is 12.4. The van der Waals surface area contributed by atoms with Crippen LogP contribution in [0.15, 0.2) is 17.8 Å². The van der Waals surface area contributed by atoms with Crippen LogP contribution in [-0.4, -0.2) is 22.6 Å². The maximum absolute atomic E-state index is 12.6. The molecule has 1 aromatic heterocycles. The normalized spacial score (nSPS) is 20.0. The van der Waals surface area contributed by atoms with Gasteiger partial charge in [-0.1, -0.05) is 12.5 Å². The first-order chi connectivity index (χ1) is 8.86. The molecule has 1 N–H and O–H groups in total. The lowest BCUT2D eigenvalue weighted by Gasteiger charge is -2.27. The lowest BCUT2D eigenvalue weighted by atomic mass is 10.1. The van der Waals surface area contributed by atoms with Gasteiger partial charge in [-0.3, -0.25) is 9.89 Å². The molecule has 1 aliphatic heterocycles. The summed E-state index contributed by atoms with van der Waals surface area (Å²) < 4.78 is 0. The molecule has 2 heterocycles. The van der Waals surface area contributed by atoms with E-state index < -0.39 is 0 Å². The Morgan fingerprint density at radius 3 is 3.11 bits per heavy atom. The summed E-state index contributed by atoms with van der Waals surface area (Å²) in [6.45, 7) is 0.822. The molecule has 0 spiro atoms. The van der Waals surface area contributed by atoms with Crippen molar-refractivity contribution >= 4 is 11.6 Å². The van der Waals surface area contributed by atoms with Crippen LogP contribution >= 0.6 is 0 Å². The summed E-state index contributed by atoms with van der Waals surface area (Å²) in [4.78, 5) is 14.5. The summed E-state index contributed by atoms with van der Waals surface area (Å²) in [6, 6.07) is 0. The predicted molar refractivity (Wildman–Crippen MR) is 70.4 cm³/mol. The van der Waals surface area contributed by atoms with Gasteiger partial charge >= 0.3 is 0 Å². The number of allylic oxidation sites excluding steroid dienone is 1. The van der Waals surface area contributed by atoms with Crippen LogP contribution in [0.1, 0.15) is 44.2 Å². The Morgan fingerprint density at radius 2 is 2.17 bits per heavy atom.